The summed E-state index contributed by atoms with van der Waals surface area (Å²) >= 11 is 0. The number of para-hydroxylation sites is 2. The van der Waals surface area contributed by atoms with Gasteiger partial charge in [-0.1, -0.05) is 67.6 Å². The van der Waals surface area contributed by atoms with Gasteiger partial charge in [0.15, 0.2) is 0 Å². The Kier molecular flexibility index (Phi) is 9.11. The lowest BCUT2D eigenvalue weighted by molar-refractivity contribution is -0.168. The van der Waals surface area contributed by atoms with Gasteiger partial charge < -0.3 is 25.0 Å². The lowest BCUT2D eigenvalue weighted by atomic mass is 10.1. The average molecular weight is 585 g/mol. The van der Waals surface area contributed by atoms with Gasteiger partial charge in [0, 0.05) is 12.0 Å². The van der Waals surface area contributed by atoms with Crippen molar-refractivity contribution in [3.05, 3.63) is 96.1 Å². The van der Waals surface area contributed by atoms with Gasteiger partial charge in [-0.05, 0) is 29.8 Å². The Morgan fingerprint density at radius 1 is 0.884 bits per heavy atom. The molecule has 0 aliphatic carbocycles. The molecular formula is C32H32N4O7. The maximum atomic E-state index is 14.0. The minimum absolute atomic E-state index is 0.0930. The molecule has 3 atom stereocenters. The van der Waals surface area contributed by atoms with Crippen LogP contribution in [-0.4, -0.2) is 61.1 Å². The Morgan fingerprint density at radius 3 is 2.23 bits per heavy atom. The first kappa shape index (κ1) is 29.5. The Morgan fingerprint density at radius 2 is 1.53 bits per heavy atom. The smallest absolute Gasteiger partial charge is 0.310 e. The van der Waals surface area contributed by atoms with Crippen LogP contribution in [0, 0.1) is 0 Å². The fourth-order valence-corrected chi connectivity index (χ4v) is 5.07. The minimum atomic E-state index is -1.14. The van der Waals surface area contributed by atoms with Crippen LogP contribution >= 0.6 is 0 Å². The topological polar surface area (TPSA) is 134 Å². The van der Waals surface area contributed by atoms with E-state index in [0.29, 0.717) is 16.9 Å². The first-order valence-corrected chi connectivity index (χ1v) is 14.0. The number of esters is 1. The molecule has 4 amide bonds. The molecule has 1 saturated heterocycles. The van der Waals surface area contributed by atoms with Crippen molar-refractivity contribution in [2.45, 2.75) is 44.7 Å². The van der Waals surface area contributed by atoms with Crippen molar-refractivity contribution >= 4 is 41.0 Å². The number of anilines is 2. The molecule has 3 unspecified atom stereocenters. The standard InChI is InChI=1S/C32H32N4O7/c1-2-28(38)35-18-24(34-30(40)22-13-7-4-8-14-22)31(41)36(26-16-10-9-15-25(26)35)19-27(37)33-23-17-29(39)43-32(23)42-20-21-11-5-3-6-12-21/h3-16,23-24,32H,2,17-20H2,1H3,(H,33,37)(H,34,40). The van der Waals surface area contributed by atoms with Crippen LogP contribution in [0.3, 0.4) is 0 Å². The Labute approximate surface area is 248 Å². The molecule has 2 aliphatic heterocycles. The second-order valence-electron chi connectivity index (χ2n) is 10.2. The van der Waals surface area contributed by atoms with Crippen LogP contribution in [0.4, 0.5) is 11.4 Å². The van der Waals surface area contributed by atoms with E-state index in [1.807, 2.05) is 30.3 Å². The number of carbonyl (C=O) groups is 5. The molecule has 0 saturated carbocycles. The van der Waals surface area contributed by atoms with Crippen molar-refractivity contribution in [3.8, 4) is 0 Å². The van der Waals surface area contributed by atoms with E-state index in [9.17, 15) is 24.0 Å². The summed E-state index contributed by atoms with van der Waals surface area (Å²) in [5.41, 5.74) is 2.01. The number of rotatable bonds is 9. The van der Waals surface area contributed by atoms with Gasteiger partial charge in [-0.15, -0.1) is 0 Å². The summed E-state index contributed by atoms with van der Waals surface area (Å²) < 4.78 is 11.1. The van der Waals surface area contributed by atoms with E-state index in [0.717, 1.165) is 5.56 Å². The zero-order chi connectivity index (χ0) is 30.3. The third kappa shape index (κ3) is 6.90. The number of ether oxygens (including phenoxy) is 2. The summed E-state index contributed by atoms with van der Waals surface area (Å²) in [6.07, 6.45) is -0.924. The number of carbonyl (C=O) groups excluding carboxylic acids is 5. The molecular weight excluding hydrogens is 552 g/mol. The van der Waals surface area contributed by atoms with E-state index >= 15 is 0 Å². The van der Waals surface area contributed by atoms with E-state index in [2.05, 4.69) is 10.6 Å². The van der Waals surface area contributed by atoms with Crippen LogP contribution in [0.25, 0.3) is 0 Å². The molecule has 222 valence electrons. The molecule has 5 rings (SSSR count). The number of hydrogen-bond acceptors (Lipinski definition) is 7. The molecule has 2 heterocycles. The van der Waals surface area contributed by atoms with Gasteiger partial charge in [-0.2, -0.15) is 0 Å². The van der Waals surface area contributed by atoms with E-state index in [1.54, 1.807) is 61.5 Å². The molecule has 0 bridgehead atoms. The molecule has 0 aromatic heterocycles. The number of nitrogens with zero attached hydrogens (tertiary/aromatic N) is 2. The van der Waals surface area contributed by atoms with Gasteiger partial charge in [0.05, 0.1) is 30.9 Å². The highest BCUT2D eigenvalue weighted by Gasteiger charge is 2.40. The highest BCUT2D eigenvalue weighted by atomic mass is 16.7. The van der Waals surface area contributed by atoms with Crippen molar-refractivity contribution < 1.29 is 33.4 Å². The monoisotopic (exact) mass is 584 g/mol. The molecule has 2 aliphatic rings. The number of hydrogen-bond donors (Lipinski definition) is 2. The predicted molar refractivity (Wildman–Crippen MR) is 157 cm³/mol. The summed E-state index contributed by atoms with van der Waals surface area (Å²) in [5, 5.41) is 5.52. The van der Waals surface area contributed by atoms with Gasteiger partial charge in [0.25, 0.3) is 11.8 Å². The van der Waals surface area contributed by atoms with E-state index in [1.165, 1.54) is 9.80 Å². The summed E-state index contributed by atoms with van der Waals surface area (Å²) in [4.78, 5) is 68.2. The lowest BCUT2D eigenvalue weighted by Gasteiger charge is -2.26. The Hall–Kier alpha value is -5.03. The molecule has 2 N–H and O–H groups in total. The zero-order valence-electron chi connectivity index (χ0n) is 23.6. The minimum Gasteiger partial charge on any atom is -0.433 e. The van der Waals surface area contributed by atoms with Gasteiger partial charge in [-0.25, -0.2) is 0 Å². The largest absolute Gasteiger partial charge is 0.433 e. The molecule has 3 aromatic rings. The van der Waals surface area contributed by atoms with Gasteiger partial charge in [0.1, 0.15) is 18.6 Å². The Bertz CT molecular complexity index is 1500. The summed E-state index contributed by atoms with van der Waals surface area (Å²) in [6, 6.07) is 22.6. The molecule has 11 nitrogen and oxygen atoms in total. The van der Waals surface area contributed by atoms with Crippen molar-refractivity contribution in [1.82, 2.24) is 10.6 Å². The van der Waals surface area contributed by atoms with E-state index in [4.69, 9.17) is 9.47 Å². The second kappa shape index (κ2) is 13.3. The van der Waals surface area contributed by atoms with Crippen LogP contribution in [0.1, 0.15) is 35.7 Å². The first-order chi connectivity index (χ1) is 20.8. The van der Waals surface area contributed by atoms with Gasteiger partial charge >= 0.3 is 5.97 Å². The maximum absolute atomic E-state index is 14.0. The molecule has 43 heavy (non-hydrogen) atoms. The fourth-order valence-electron chi connectivity index (χ4n) is 5.07. The van der Waals surface area contributed by atoms with Crippen LogP contribution in [-0.2, 0) is 35.3 Å². The van der Waals surface area contributed by atoms with Crippen LogP contribution in [0.2, 0.25) is 0 Å². The maximum Gasteiger partial charge on any atom is 0.310 e. The fraction of sp³-hybridized carbons (Fsp3) is 0.281. The first-order valence-electron chi connectivity index (χ1n) is 14.0. The zero-order valence-corrected chi connectivity index (χ0v) is 23.6. The molecule has 3 aromatic carbocycles. The number of cyclic esters (lactones) is 1. The number of fused-ring (bicyclic) bond motifs is 1. The molecule has 0 radical (unpaired) electrons. The Balaban J connectivity index is 1.36. The van der Waals surface area contributed by atoms with Crippen molar-refractivity contribution in [3.63, 3.8) is 0 Å². The van der Waals surface area contributed by atoms with Crippen molar-refractivity contribution in [2.75, 3.05) is 22.9 Å². The average Bonchev–Trinajstić information content (AvgIpc) is 3.33. The summed E-state index contributed by atoms with van der Waals surface area (Å²) in [5.74, 6) is -2.38. The van der Waals surface area contributed by atoms with E-state index < -0.39 is 48.6 Å². The highest BCUT2D eigenvalue weighted by molar-refractivity contribution is 6.10. The number of nitrogens with one attached hydrogen (secondary N) is 2. The van der Waals surface area contributed by atoms with Crippen molar-refractivity contribution in [2.24, 2.45) is 0 Å². The molecule has 1 fully saturated rings. The number of amides is 4. The number of benzene rings is 3. The quantitative estimate of drug-likeness (QED) is 0.369. The van der Waals surface area contributed by atoms with Crippen LogP contribution in [0.5, 0.6) is 0 Å². The SMILES string of the molecule is CCC(=O)N1CC(NC(=O)c2ccccc2)C(=O)N(CC(=O)NC2CC(=O)OC2OCc2ccccc2)c2ccccc21. The third-order valence-electron chi connectivity index (χ3n) is 7.21. The van der Waals surface area contributed by atoms with Gasteiger partial charge in [-0.3, -0.25) is 28.9 Å². The molecule has 0 spiro atoms. The second-order valence-corrected chi connectivity index (χ2v) is 10.2. The van der Waals surface area contributed by atoms with E-state index in [-0.39, 0.29) is 31.9 Å². The van der Waals surface area contributed by atoms with Gasteiger partial charge in [0.2, 0.25) is 18.1 Å². The van der Waals surface area contributed by atoms with Crippen LogP contribution < -0.4 is 20.4 Å². The van der Waals surface area contributed by atoms with Crippen molar-refractivity contribution in [1.29, 1.82) is 0 Å². The third-order valence-corrected chi connectivity index (χ3v) is 7.21. The predicted octanol–water partition coefficient (Wildman–Crippen LogP) is 2.55. The normalized spacial score (nSPS) is 19.7. The highest BCUT2D eigenvalue weighted by Crippen LogP contribution is 2.33. The summed E-state index contributed by atoms with van der Waals surface area (Å²) in [7, 11) is 0. The van der Waals surface area contributed by atoms with Crippen LogP contribution in [0.15, 0.2) is 84.9 Å². The molecule has 11 heteroatoms. The lowest BCUT2D eigenvalue weighted by Crippen LogP contribution is -2.55. The summed E-state index contributed by atoms with van der Waals surface area (Å²) in [6.45, 7) is 1.34.